The van der Waals surface area contributed by atoms with Gasteiger partial charge in [0.05, 0.1) is 4.47 Å². The third-order valence-corrected chi connectivity index (χ3v) is 3.46. The van der Waals surface area contributed by atoms with Crippen LogP contribution in [0.1, 0.15) is 24.3 Å². The van der Waals surface area contributed by atoms with Crippen molar-refractivity contribution in [2.45, 2.75) is 18.8 Å². The molecule has 1 aliphatic heterocycles. The molecule has 0 radical (unpaired) electrons. The van der Waals surface area contributed by atoms with Gasteiger partial charge in [0.15, 0.2) is 11.6 Å². The molecule has 4 heteroatoms. The molecule has 0 amide bonds. The largest absolute Gasteiger partial charge is 0.317 e. The van der Waals surface area contributed by atoms with Gasteiger partial charge in [0.1, 0.15) is 0 Å². The number of hydrogen-bond donors (Lipinski definition) is 1. The van der Waals surface area contributed by atoms with Gasteiger partial charge in [-0.2, -0.15) is 0 Å². The SMILES string of the molecule is Fc1c(Br)ccc(C2CCNCC2)c1F. The first-order valence-corrected chi connectivity index (χ1v) is 5.83. The lowest BCUT2D eigenvalue weighted by Crippen LogP contribution is -2.27. The molecule has 0 spiro atoms. The smallest absolute Gasteiger partial charge is 0.173 e. The van der Waals surface area contributed by atoms with Crippen molar-refractivity contribution < 1.29 is 8.78 Å². The Hall–Kier alpha value is -0.480. The van der Waals surface area contributed by atoms with Gasteiger partial charge < -0.3 is 5.32 Å². The molecule has 2 rings (SSSR count). The van der Waals surface area contributed by atoms with E-state index in [0.29, 0.717) is 5.56 Å². The molecule has 1 heterocycles. The number of piperidine rings is 1. The molecule has 1 saturated heterocycles. The zero-order chi connectivity index (χ0) is 10.8. The summed E-state index contributed by atoms with van der Waals surface area (Å²) >= 11 is 2.98. The van der Waals surface area contributed by atoms with Gasteiger partial charge in [-0.1, -0.05) is 6.07 Å². The van der Waals surface area contributed by atoms with Gasteiger partial charge in [0, 0.05) is 0 Å². The summed E-state index contributed by atoms with van der Waals surface area (Å²) < 4.78 is 27.1. The summed E-state index contributed by atoms with van der Waals surface area (Å²) in [5.74, 6) is -1.32. The van der Waals surface area contributed by atoms with Crippen molar-refractivity contribution in [1.82, 2.24) is 5.32 Å². The number of rotatable bonds is 1. The fourth-order valence-corrected chi connectivity index (χ4v) is 2.30. The minimum absolute atomic E-state index is 0.147. The minimum atomic E-state index is -0.772. The summed E-state index contributed by atoms with van der Waals surface area (Å²) in [6.45, 7) is 1.75. The Labute approximate surface area is 96.0 Å². The van der Waals surface area contributed by atoms with E-state index in [9.17, 15) is 8.78 Å². The van der Waals surface area contributed by atoms with Crippen molar-refractivity contribution in [3.8, 4) is 0 Å². The second-order valence-corrected chi connectivity index (χ2v) is 4.64. The zero-order valence-corrected chi connectivity index (χ0v) is 9.78. The Balaban J connectivity index is 2.31. The van der Waals surface area contributed by atoms with Gasteiger partial charge in [0.25, 0.3) is 0 Å². The average Bonchev–Trinajstić information content (AvgIpc) is 2.27. The summed E-state index contributed by atoms with van der Waals surface area (Å²) in [6.07, 6.45) is 1.75. The van der Waals surface area contributed by atoms with Crippen molar-refractivity contribution in [2.75, 3.05) is 13.1 Å². The number of halogens is 3. The first-order valence-electron chi connectivity index (χ1n) is 5.04. The maximum atomic E-state index is 13.6. The highest BCUT2D eigenvalue weighted by atomic mass is 79.9. The fraction of sp³-hybridized carbons (Fsp3) is 0.455. The van der Waals surface area contributed by atoms with E-state index < -0.39 is 11.6 Å². The Bertz CT molecular complexity index is 362. The average molecular weight is 276 g/mol. The van der Waals surface area contributed by atoms with E-state index in [-0.39, 0.29) is 10.4 Å². The van der Waals surface area contributed by atoms with Crippen LogP contribution in [0.3, 0.4) is 0 Å². The van der Waals surface area contributed by atoms with E-state index in [4.69, 9.17) is 0 Å². The lowest BCUT2D eigenvalue weighted by atomic mass is 9.90. The number of hydrogen-bond acceptors (Lipinski definition) is 1. The normalized spacial score (nSPS) is 18.1. The predicted octanol–water partition coefficient (Wildman–Crippen LogP) is 3.19. The first-order chi connectivity index (χ1) is 7.20. The van der Waals surface area contributed by atoms with Gasteiger partial charge in [0.2, 0.25) is 0 Å². The lowest BCUT2D eigenvalue weighted by molar-refractivity contribution is 0.428. The summed E-state index contributed by atoms with van der Waals surface area (Å²) in [6, 6.07) is 3.26. The molecule has 0 unspecified atom stereocenters. The van der Waals surface area contributed by atoms with E-state index in [1.165, 1.54) is 0 Å². The third-order valence-electron chi connectivity index (χ3n) is 2.84. The van der Waals surface area contributed by atoms with Gasteiger partial charge in [-0.15, -0.1) is 0 Å². The van der Waals surface area contributed by atoms with Crippen LogP contribution >= 0.6 is 15.9 Å². The van der Waals surface area contributed by atoms with E-state index >= 15 is 0 Å². The summed E-state index contributed by atoms with van der Waals surface area (Å²) in [7, 11) is 0. The maximum absolute atomic E-state index is 13.6. The number of benzene rings is 1. The molecule has 1 aromatic rings. The first kappa shape index (κ1) is 11.0. The van der Waals surface area contributed by atoms with Crippen molar-refractivity contribution in [3.63, 3.8) is 0 Å². The Kier molecular flexibility index (Phi) is 3.36. The number of nitrogens with one attached hydrogen (secondary N) is 1. The van der Waals surface area contributed by atoms with E-state index in [1.54, 1.807) is 12.1 Å². The highest BCUT2D eigenvalue weighted by Crippen LogP contribution is 2.30. The van der Waals surface area contributed by atoms with Gasteiger partial charge >= 0.3 is 0 Å². The molecule has 0 saturated carbocycles. The van der Waals surface area contributed by atoms with Crippen molar-refractivity contribution in [1.29, 1.82) is 0 Å². The Morgan fingerprint density at radius 1 is 1.13 bits per heavy atom. The molecule has 0 atom stereocenters. The van der Waals surface area contributed by atoms with Crippen LogP contribution in [0, 0.1) is 11.6 Å². The molecule has 1 fully saturated rings. The highest BCUT2D eigenvalue weighted by Gasteiger charge is 2.21. The molecule has 1 aromatic carbocycles. The molecule has 1 nitrogen and oxygen atoms in total. The second-order valence-electron chi connectivity index (χ2n) is 3.79. The van der Waals surface area contributed by atoms with Gasteiger partial charge in [-0.3, -0.25) is 0 Å². The quantitative estimate of drug-likeness (QED) is 0.777. The summed E-state index contributed by atoms with van der Waals surface area (Å²) in [5.41, 5.74) is 0.511. The van der Waals surface area contributed by atoms with Crippen molar-refractivity contribution in [2.24, 2.45) is 0 Å². The molecule has 15 heavy (non-hydrogen) atoms. The predicted molar refractivity (Wildman–Crippen MR) is 58.9 cm³/mol. The molecule has 1 N–H and O–H groups in total. The van der Waals surface area contributed by atoms with E-state index in [0.717, 1.165) is 25.9 Å². The van der Waals surface area contributed by atoms with Crippen LogP contribution < -0.4 is 5.32 Å². The second kappa shape index (κ2) is 4.58. The molecular weight excluding hydrogens is 264 g/mol. The molecule has 0 aromatic heterocycles. The highest BCUT2D eigenvalue weighted by molar-refractivity contribution is 9.10. The van der Waals surface area contributed by atoms with Crippen LogP contribution in [0.5, 0.6) is 0 Å². The molecule has 0 bridgehead atoms. The van der Waals surface area contributed by atoms with Crippen LogP contribution in [-0.2, 0) is 0 Å². The molecule has 0 aliphatic carbocycles. The van der Waals surface area contributed by atoms with Crippen LogP contribution in [0.25, 0.3) is 0 Å². The molecule has 1 aliphatic rings. The zero-order valence-electron chi connectivity index (χ0n) is 8.19. The Morgan fingerprint density at radius 2 is 1.80 bits per heavy atom. The summed E-state index contributed by atoms with van der Waals surface area (Å²) in [4.78, 5) is 0. The van der Waals surface area contributed by atoms with Crippen molar-refractivity contribution in [3.05, 3.63) is 33.8 Å². The van der Waals surface area contributed by atoms with E-state index in [1.807, 2.05) is 0 Å². The lowest BCUT2D eigenvalue weighted by Gasteiger charge is -2.23. The van der Waals surface area contributed by atoms with Gasteiger partial charge in [-0.25, -0.2) is 8.78 Å². The van der Waals surface area contributed by atoms with Gasteiger partial charge in [-0.05, 0) is 59.4 Å². The summed E-state index contributed by atoms with van der Waals surface area (Å²) in [5, 5.41) is 3.20. The molecule has 82 valence electrons. The topological polar surface area (TPSA) is 12.0 Å². The fourth-order valence-electron chi connectivity index (χ4n) is 1.99. The molecular formula is C11H12BrF2N. The standard InChI is InChI=1S/C11H12BrF2N/c12-9-2-1-8(10(13)11(9)14)7-3-5-15-6-4-7/h1-2,7,15H,3-6H2. The Morgan fingerprint density at radius 3 is 2.47 bits per heavy atom. The van der Waals surface area contributed by atoms with Crippen LogP contribution in [0.4, 0.5) is 8.78 Å². The van der Waals surface area contributed by atoms with Crippen LogP contribution in [-0.4, -0.2) is 13.1 Å². The van der Waals surface area contributed by atoms with Crippen molar-refractivity contribution >= 4 is 15.9 Å². The van der Waals surface area contributed by atoms with Crippen LogP contribution in [0.2, 0.25) is 0 Å². The van der Waals surface area contributed by atoms with Crippen LogP contribution in [0.15, 0.2) is 16.6 Å². The minimum Gasteiger partial charge on any atom is -0.317 e. The van der Waals surface area contributed by atoms with E-state index in [2.05, 4.69) is 21.2 Å². The monoisotopic (exact) mass is 275 g/mol. The third kappa shape index (κ3) is 2.21. The maximum Gasteiger partial charge on any atom is 0.173 e.